The number of carbonyl (C=O) groups is 1. The largest absolute Gasteiger partial charge is 0.504 e. The van der Waals surface area contributed by atoms with Crippen LogP contribution in [0.5, 0.6) is 23.0 Å². The van der Waals surface area contributed by atoms with Gasteiger partial charge in [0.25, 0.3) is 5.91 Å². The average Bonchev–Trinajstić information content (AvgIpc) is 2.61. The lowest BCUT2D eigenvalue weighted by molar-refractivity contribution is 0.0954. The first kappa shape index (κ1) is 17.1. The van der Waals surface area contributed by atoms with Gasteiger partial charge in [-0.1, -0.05) is 0 Å². The van der Waals surface area contributed by atoms with E-state index in [9.17, 15) is 9.90 Å². The Balaban J connectivity index is 2.06. The fourth-order valence-corrected chi connectivity index (χ4v) is 1.99. The van der Waals surface area contributed by atoms with Gasteiger partial charge >= 0.3 is 0 Å². The third-order valence-corrected chi connectivity index (χ3v) is 3.23. The van der Waals surface area contributed by atoms with Crippen LogP contribution in [0.2, 0.25) is 0 Å². The lowest BCUT2D eigenvalue weighted by atomic mass is 10.2. The highest BCUT2D eigenvalue weighted by Crippen LogP contribution is 2.27. The second-order valence-electron chi connectivity index (χ2n) is 4.70. The number of benzene rings is 2. The summed E-state index contributed by atoms with van der Waals surface area (Å²) in [5.41, 5.74) is 3.39. The first-order valence-electron chi connectivity index (χ1n) is 7.01. The number of rotatable bonds is 6. The molecule has 2 aromatic carbocycles. The van der Waals surface area contributed by atoms with Gasteiger partial charge in [0, 0.05) is 5.56 Å². The quantitative estimate of drug-likeness (QED) is 0.626. The Bertz CT molecular complexity index is 759. The maximum atomic E-state index is 12.1. The van der Waals surface area contributed by atoms with Crippen LogP contribution in [0.25, 0.3) is 0 Å². The molecular formula is C17H18N2O5. The Morgan fingerprint density at radius 1 is 1.00 bits per heavy atom. The zero-order chi connectivity index (χ0) is 17.5. The Morgan fingerprint density at radius 2 is 1.67 bits per heavy atom. The monoisotopic (exact) mass is 330 g/mol. The molecule has 7 nitrogen and oxygen atoms in total. The number of hydrogen-bond donors (Lipinski definition) is 2. The number of phenolic OH excluding ortho intramolecular Hbond substituents is 1. The number of nitrogens with zero attached hydrogens (tertiary/aromatic N) is 1. The summed E-state index contributed by atoms with van der Waals surface area (Å²) in [6.45, 7) is 0. The molecule has 0 fully saturated rings. The Labute approximate surface area is 139 Å². The van der Waals surface area contributed by atoms with Crippen molar-refractivity contribution < 1.29 is 24.1 Å². The molecule has 0 saturated carbocycles. The van der Waals surface area contributed by atoms with Gasteiger partial charge < -0.3 is 19.3 Å². The topological polar surface area (TPSA) is 89.4 Å². The number of aromatic hydroxyl groups is 1. The number of methoxy groups -OCH3 is 3. The fourth-order valence-electron chi connectivity index (χ4n) is 1.99. The summed E-state index contributed by atoms with van der Waals surface area (Å²) in [4.78, 5) is 12.1. The lowest BCUT2D eigenvalue weighted by Crippen LogP contribution is -2.17. The van der Waals surface area contributed by atoms with E-state index in [1.165, 1.54) is 33.6 Å². The number of hydrazone groups is 1. The van der Waals surface area contributed by atoms with E-state index < -0.39 is 5.91 Å². The first-order valence-corrected chi connectivity index (χ1v) is 7.01. The van der Waals surface area contributed by atoms with Crippen LogP contribution >= 0.6 is 0 Å². The predicted molar refractivity (Wildman–Crippen MR) is 89.3 cm³/mol. The number of amides is 1. The van der Waals surface area contributed by atoms with E-state index in [1.54, 1.807) is 30.3 Å². The van der Waals surface area contributed by atoms with Crippen LogP contribution < -0.4 is 19.6 Å². The molecule has 0 bridgehead atoms. The van der Waals surface area contributed by atoms with E-state index in [0.717, 1.165) is 0 Å². The van der Waals surface area contributed by atoms with Crippen LogP contribution in [0.4, 0.5) is 0 Å². The minimum atomic E-state index is -0.398. The molecule has 0 aliphatic rings. The van der Waals surface area contributed by atoms with Crippen molar-refractivity contribution in [1.82, 2.24) is 5.43 Å². The maximum absolute atomic E-state index is 12.1. The predicted octanol–water partition coefficient (Wildman–Crippen LogP) is 2.18. The molecule has 1 amide bonds. The van der Waals surface area contributed by atoms with E-state index in [0.29, 0.717) is 28.4 Å². The standard InChI is InChI=1S/C17H18N2O5/c1-22-14-6-4-11(8-13(14)20)10-18-19-17(21)12-5-7-15(23-2)16(9-12)24-3/h4-10,20H,1-3H3,(H,19,21). The molecule has 2 rings (SSSR count). The van der Waals surface area contributed by atoms with Crippen molar-refractivity contribution in [2.75, 3.05) is 21.3 Å². The zero-order valence-electron chi connectivity index (χ0n) is 13.6. The SMILES string of the molecule is COc1ccc(C=NNC(=O)c2ccc(OC)c(OC)c2)cc1O. The normalized spacial score (nSPS) is 10.5. The van der Waals surface area contributed by atoms with Crippen molar-refractivity contribution >= 4 is 12.1 Å². The number of ether oxygens (including phenoxy) is 3. The Hall–Kier alpha value is -3.22. The van der Waals surface area contributed by atoms with Gasteiger partial charge in [-0.3, -0.25) is 4.79 Å². The zero-order valence-corrected chi connectivity index (χ0v) is 13.6. The third kappa shape index (κ3) is 3.95. The maximum Gasteiger partial charge on any atom is 0.271 e. The van der Waals surface area contributed by atoms with Crippen LogP contribution in [-0.2, 0) is 0 Å². The molecule has 2 N–H and O–H groups in total. The Morgan fingerprint density at radius 3 is 2.29 bits per heavy atom. The molecule has 24 heavy (non-hydrogen) atoms. The molecule has 0 aliphatic carbocycles. The molecule has 0 radical (unpaired) electrons. The summed E-state index contributed by atoms with van der Waals surface area (Å²) in [6.07, 6.45) is 1.41. The van der Waals surface area contributed by atoms with Crippen molar-refractivity contribution in [3.63, 3.8) is 0 Å². The van der Waals surface area contributed by atoms with Crippen LogP contribution in [-0.4, -0.2) is 38.6 Å². The van der Waals surface area contributed by atoms with E-state index in [4.69, 9.17) is 14.2 Å². The molecule has 0 heterocycles. The van der Waals surface area contributed by atoms with Gasteiger partial charge in [-0.05, 0) is 42.0 Å². The van der Waals surface area contributed by atoms with Gasteiger partial charge in [-0.25, -0.2) is 5.43 Å². The first-order chi connectivity index (χ1) is 11.6. The van der Waals surface area contributed by atoms with Gasteiger partial charge in [0.1, 0.15) is 0 Å². The highest BCUT2D eigenvalue weighted by molar-refractivity contribution is 5.95. The second-order valence-corrected chi connectivity index (χ2v) is 4.70. The van der Waals surface area contributed by atoms with Crippen LogP contribution in [0.1, 0.15) is 15.9 Å². The molecule has 126 valence electrons. The third-order valence-electron chi connectivity index (χ3n) is 3.23. The number of nitrogens with one attached hydrogen (secondary N) is 1. The molecule has 7 heteroatoms. The molecule has 0 spiro atoms. The summed E-state index contributed by atoms with van der Waals surface area (Å²) < 4.78 is 15.2. The van der Waals surface area contributed by atoms with Gasteiger partial charge in [-0.2, -0.15) is 5.10 Å². The van der Waals surface area contributed by atoms with Crippen LogP contribution in [0.3, 0.4) is 0 Å². The fraction of sp³-hybridized carbons (Fsp3) is 0.176. The minimum absolute atomic E-state index is 0.00679. The lowest BCUT2D eigenvalue weighted by Gasteiger charge is -2.08. The summed E-state index contributed by atoms with van der Waals surface area (Å²) in [5.74, 6) is 0.944. The van der Waals surface area contributed by atoms with Crippen molar-refractivity contribution in [2.24, 2.45) is 5.10 Å². The van der Waals surface area contributed by atoms with Crippen LogP contribution in [0.15, 0.2) is 41.5 Å². The highest BCUT2D eigenvalue weighted by atomic mass is 16.5. The van der Waals surface area contributed by atoms with Crippen molar-refractivity contribution in [3.05, 3.63) is 47.5 Å². The highest BCUT2D eigenvalue weighted by Gasteiger charge is 2.10. The van der Waals surface area contributed by atoms with E-state index >= 15 is 0 Å². The van der Waals surface area contributed by atoms with Gasteiger partial charge in [-0.15, -0.1) is 0 Å². The van der Waals surface area contributed by atoms with E-state index in [1.807, 2.05) is 0 Å². The van der Waals surface area contributed by atoms with Gasteiger partial charge in [0.15, 0.2) is 23.0 Å². The molecule has 0 saturated heterocycles. The van der Waals surface area contributed by atoms with Crippen molar-refractivity contribution in [2.45, 2.75) is 0 Å². The molecule has 2 aromatic rings. The van der Waals surface area contributed by atoms with Crippen LogP contribution in [0, 0.1) is 0 Å². The smallest absolute Gasteiger partial charge is 0.271 e. The summed E-state index contributed by atoms with van der Waals surface area (Å²) in [5, 5.41) is 13.5. The minimum Gasteiger partial charge on any atom is -0.504 e. The van der Waals surface area contributed by atoms with Crippen molar-refractivity contribution in [1.29, 1.82) is 0 Å². The number of carbonyl (C=O) groups excluding carboxylic acids is 1. The summed E-state index contributed by atoms with van der Waals surface area (Å²) in [6, 6.07) is 9.58. The van der Waals surface area contributed by atoms with E-state index in [2.05, 4.69) is 10.5 Å². The number of hydrogen-bond acceptors (Lipinski definition) is 6. The molecule has 0 aromatic heterocycles. The van der Waals surface area contributed by atoms with Crippen molar-refractivity contribution in [3.8, 4) is 23.0 Å². The molecule has 0 aliphatic heterocycles. The van der Waals surface area contributed by atoms with Gasteiger partial charge in [0.2, 0.25) is 0 Å². The average molecular weight is 330 g/mol. The Kier molecular flexibility index (Phi) is 5.62. The summed E-state index contributed by atoms with van der Waals surface area (Å²) in [7, 11) is 4.48. The summed E-state index contributed by atoms with van der Waals surface area (Å²) >= 11 is 0. The van der Waals surface area contributed by atoms with E-state index in [-0.39, 0.29) is 5.75 Å². The molecule has 0 unspecified atom stereocenters. The molecular weight excluding hydrogens is 312 g/mol. The molecule has 0 atom stereocenters. The second kappa shape index (κ2) is 7.87. The van der Waals surface area contributed by atoms with Gasteiger partial charge in [0.05, 0.1) is 27.5 Å². The number of phenols is 1.